The SMILES string of the molecule is C=C(C)[C@@H]1CC[C@]2(NC[C@@H](O)COC)CC[C@]3(C)[C@H](CC[C@@H]4[C@@]5(C)CC=C(C6=CC[C@](COc7ncccc7C#N)(C(=O)O)CC6)C(C)(C)[C@@H]5CC[C@]43C)[C@@H]12. The lowest BCUT2D eigenvalue weighted by atomic mass is 9.33. The van der Waals surface area contributed by atoms with Crippen LogP contribution in [0.1, 0.15) is 124 Å². The van der Waals surface area contributed by atoms with Gasteiger partial charge >= 0.3 is 5.97 Å². The van der Waals surface area contributed by atoms with Crippen molar-refractivity contribution in [3.63, 3.8) is 0 Å². The van der Waals surface area contributed by atoms with Gasteiger partial charge in [0.1, 0.15) is 23.7 Å². The highest BCUT2D eigenvalue weighted by Gasteiger charge is 2.70. The number of nitrogens with zero attached hydrogens (tertiary/aromatic N) is 2. The van der Waals surface area contributed by atoms with E-state index in [1.54, 1.807) is 25.4 Å². The second kappa shape index (κ2) is 14.4. The highest BCUT2D eigenvalue weighted by Crippen LogP contribution is 2.76. The molecule has 0 bridgehead atoms. The van der Waals surface area contributed by atoms with Gasteiger partial charge in [0.05, 0.1) is 12.7 Å². The number of ether oxygens (including phenoxy) is 2. The first-order valence-corrected chi connectivity index (χ1v) is 21.2. The fourth-order valence-electron chi connectivity index (χ4n) is 14.5. The molecule has 0 radical (unpaired) electrons. The van der Waals surface area contributed by atoms with E-state index >= 15 is 0 Å². The molecular weight excluding hydrogens is 687 g/mol. The number of allylic oxidation sites excluding steroid dienone is 5. The van der Waals surface area contributed by atoms with Gasteiger partial charge in [-0.25, -0.2) is 4.98 Å². The third kappa shape index (κ3) is 6.25. The number of hydrogen-bond donors (Lipinski definition) is 3. The summed E-state index contributed by atoms with van der Waals surface area (Å²) >= 11 is 0. The smallest absolute Gasteiger partial charge is 0.313 e. The highest BCUT2D eigenvalue weighted by atomic mass is 16.5. The number of carboxylic acid groups (broad SMARTS) is 1. The van der Waals surface area contributed by atoms with Gasteiger partial charge in [0.2, 0.25) is 5.88 Å². The van der Waals surface area contributed by atoms with Gasteiger partial charge in [-0.05, 0) is 159 Å². The summed E-state index contributed by atoms with van der Waals surface area (Å²) in [7, 11) is 1.66. The average molecular weight is 754 g/mol. The number of fused-ring (bicyclic) bond motifs is 7. The Hall–Kier alpha value is -2.99. The molecule has 8 nitrogen and oxygen atoms in total. The largest absolute Gasteiger partial charge is 0.481 e. The zero-order valence-corrected chi connectivity index (χ0v) is 34.7. The second-order valence-electron chi connectivity index (χ2n) is 20.2. The number of rotatable bonds is 11. The number of aliphatic hydroxyl groups is 1. The van der Waals surface area contributed by atoms with Crippen LogP contribution in [-0.4, -0.2) is 59.7 Å². The minimum absolute atomic E-state index is 0.0120. The number of aromatic nitrogens is 1. The lowest BCUT2D eigenvalue weighted by molar-refractivity contribution is -0.221. The zero-order valence-electron chi connectivity index (χ0n) is 34.7. The van der Waals surface area contributed by atoms with E-state index in [2.05, 4.69) is 76.6 Å². The summed E-state index contributed by atoms with van der Waals surface area (Å²) in [6.07, 6.45) is 18.2. The fourth-order valence-corrected chi connectivity index (χ4v) is 14.5. The molecule has 0 aliphatic heterocycles. The minimum atomic E-state index is -1.05. The monoisotopic (exact) mass is 754 g/mol. The number of aliphatic hydroxyl groups excluding tert-OH is 1. The van der Waals surface area contributed by atoms with E-state index in [4.69, 9.17) is 9.47 Å². The van der Waals surface area contributed by atoms with E-state index in [-0.39, 0.29) is 39.7 Å². The quantitative estimate of drug-likeness (QED) is 0.191. The van der Waals surface area contributed by atoms with Gasteiger partial charge in [0, 0.05) is 25.4 Å². The number of aliphatic carboxylic acids is 1. The first-order chi connectivity index (χ1) is 26.0. The summed E-state index contributed by atoms with van der Waals surface area (Å²) < 4.78 is 11.2. The van der Waals surface area contributed by atoms with Crippen molar-refractivity contribution in [2.45, 2.75) is 130 Å². The second-order valence-corrected chi connectivity index (χ2v) is 20.2. The topological polar surface area (TPSA) is 125 Å². The van der Waals surface area contributed by atoms with E-state index in [0.29, 0.717) is 67.6 Å². The number of hydrogen-bond acceptors (Lipinski definition) is 7. The molecule has 55 heavy (non-hydrogen) atoms. The standard InChI is InChI=1S/C47H67N3O5/c1-30(2)34-15-22-47(50-27-33(51)28-54-8)24-23-44(6)36(39(34)47)11-12-38-43(5)18-16-35(42(3,4)37(43)17-19-45(38,44)7)31-13-20-46(21-14-31,41(52)53)29-55-40-32(26-48)10-9-25-49-40/h9-10,13,16,25,33-34,36-39,50-51H,1,11-12,14-15,17-24,27-29H2,2-8H3,(H,52,53)/t33-,34+,36-,37+,38-,39-,43+,44-,45-,46+,47+/m1/s1. The number of pyridine rings is 1. The third-order valence-corrected chi connectivity index (χ3v) is 17.5. The number of nitriles is 1. The van der Waals surface area contributed by atoms with Crippen LogP contribution in [0.4, 0.5) is 0 Å². The van der Waals surface area contributed by atoms with Gasteiger partial charge in [-0.2, -0.15) is 5.26 Å². The number of methoxy groups -OCH3 is 1. The van der Waals surface area contributed by atoms with E-state index in [9.17, 15) is 20.3 Å². The lowest BCUT2D eigenvalue weighted by Crippen LogP contribution is -2.68. The first kappa shape index (κ1) is 40.2. The van der Waals surface area contributed by atoms with Crippen molar-refractivity contribution < 1.29 is 24.5 Å². The molecule has 0 saturated heterocycles. The summed E-state index contributed by atoms with van der Waals surface area (Å²) in [5.41, 5.74) is 3.99. The predicted octanol–water partition coefficient (Wildman–Crippen LogP) is 9.06. The molecule has 0 unspecified atom stereocenters. The van der Waals surface area contributed by atoms with Crippen LogP contribution < -0.4 is 10.1 Å². The summed E-state index contributed by atoms with van der Waals surface area (Å²) in [4.78, 5) is 17.0. The number of β-amino-alcohol motifs (C(OH)–C–C–N with tert-alkyl or cyclic N) is 1. The molecule has 8 heteroatoms. The van der Waals surface area contributed by atoms with Crippen LogP contribution in [-0.2, 0) is 9.53 Å². The maximum atomic E-state index is 12.8. The molecule has 1 aromatic rings. The molecule has 1 aromatic heterocycles. The van der Waals surface area contributed by atoms with Crippen LogP contribution in [0.25, 0.3) is 0 Å². The molecular formula is C47H67N3O5. The summed E-state index contributed by atoms with van der Waals surface area (Å²) in [6, 6.07) is 5.43. The van der Waals surface area contributed by atoms with Crippen LogP contribution in [0.2, 0.25) is 0 Å². The van der Waals surface area contributed by atoms with Gasteiger partial charge in [0.25, 0.3) is 0 Å². The van der Waals surface area contributed by atoms with E-state index < -0.39 is 17.5 Å². The van der Waals surface area contributed by atoms with Crippen molar-refractivity contribution in [1.29, 1.82) is 5.26 Å². The van der Waals surface area contributed by atoms with E-state index in [1.165, 1.54) is 55.2 Å². The molecule has 6 aliphatic carbocycles. The molecule has 0 spiro atoms. The van der Waals surface area contributed by atoms with Crippen molar-refractivity contribution in [2.24, 2.45) is 56.7 Å². The molecule has 11 atom stereocenters. The molecule has 4 saturated carbocycles. The third-order valence-electron chi connectivity index (χ3n) is 17.5. The van der Waals surface area contributed by atoms with Crippen LogP contribution in [0.3, 0.4) is 0 Å². The molecule has 6 aliphatic rings. The highest BCUT2D eigenvalue weighted by molar-refractivity contribution is 5.75. The first-order valence-electron chi connectivity index (χ1n) is 21.2. The lowest BCUT2D eigenvalue weighted by Gasteiger charge is -2.72. The van der Waals surface area contributed by atoms with Crippen LogP contribution in [0.15, 0.2) is 53.8 Å². The Morgan fingerprint density at radius 2 is 1.82 bits per heavy atom. The summed E-state index contributed by atoms with van der Waals surface area (Å²) in [5, 5.41) is 34.7. The fraction of sp³-hybridized carbons (Fsp3) is 0.723. The van der Waals surface area contributed by atoms with E-state index in [1.807, 2.05) is 0 Å². The maximum absolute atomic E-state index is 12.8. The maximum Gasteiger partial charge on any atom is 0.313 e. The van der Waals surface area contributed by atoms with Crippen LogP contribution >= 0.6 is 0 Å². The zero-order chi connectivity index (χ0) is 39.6. The van der Waals surface area contributed by atoms with Crippen molar-refractivity contribution in [1.82, 2.24) is 10.3 Å². The van der Waals surface area contributed by atoms with Gasteiger partial charge in [-0.1, -0.05) is 58.9 Å². The molecule has 0 aromatic carbocycles. The Morgan fingerprint density at radius 1 is 1.04 bits per heavy atom. The molecule has 0 amide bonds. The van der Waals surface area contributed by atoms with Gasteiger partial charge in [-0.15, -0.1) is 0 Å². The van der Waals surface area contributed by atoms with Crippen molar-refractivity contribution in [3.05, 3.63) is 59.3 Å². The van der Waals surface area contributed by atoms with Gasteiger partial charge < -0.3 is 25.0 Å². The molecule has 300 valence electrons. The Labute approximate surface area is 330 Å². The Bertz CT molecular complexity index is 1780. The minimum Gasteiger partial charge on any atom is -0.481 e. The Morgan fingerprint density at radius 3 is 2.49 bits per heavy atom. The Kier molecular flexibility index (Phi) is 10.6. The Balaban J connectivity index is 1.13. The molecule has 3 N–H and O–H groups in total. The number of nitrogens with one attached hydrogen (secondary N) is 1. The van der Waals surface area contributed by atoms with Crippen LogP contribution in [0, 0.1) is 68.0 Å². The average Bonchev–Trinajstić information content (AvgIpc) is 3.54. The predicted molar refractivity (Wildman–Crippen MR) is 215 cm³/mol. The number of carboxylic acids is 1. The number of carbonyl (C=O) groups is 1. The van der Waals surface area contributed by atoms with Crippen molar-refractivity contribution in [2.75, 3.05) is 26.9 Å². The van der Waals surface area contributed by atoms with Crippen molar-refractivity contribution in [3.8, 4) is 11.9 Å². The van der Waals surface area contributed by atoms with E-state index in [0.717, 1.165) is 19.3 Å². The summed E-state index contributed by atoms with van der Waals surface area (Å²) in [5.74, 6) is 2.19. The van der Waals surface area contributed by atoms with Gasteiger partial charge in [0.15, 0.2) is 0 Å². The summed E-state index contributed by atoms with van der Waals surface area (Å²) in [6.45, 7) is 20.7. The molecule has 7 rings (SSSR count). The normalized spacial score (nSPS) is 40.9. The molecule has 4 fully saturated rings. The van der Waals surface area contributed by atoms with Crippen molar-refractivity contribution >= 4 is 5.97 Å². The van der Waals surface area contributed by atoms with Gasteiger partial charge in [-0.3, -0.25) is 4.79 Å². The molecule has 1 heterocycles. The van der Waals surface area contributed by atoms with Crippen LogP contribution in [0.5, 0.6) is 5.88 Å².